The largest absolute Gasteiger partial charge is 0.351 e. The molecule has 2 rings (SSSR count). The van der Waals surface area contributed by atoms with Gasteiger partial charge in [0.1, 0.15) is 0 Å². The minimum Gasteiger partial charge on any atom is -0.351 e. The lowest BCUT2D eigenvalue weighted by atomic mass is 10.2. The summed E-state index contributed by atoms with van der Waals surface area (Å²) in [7, 11) is 0. The van der Waals surface area contributed by atoms with Crippen molar-refractivity contribution in [2.24, 2.45) is 0 Å². The topological polar surface area (TPSA) is 64.9 Å². The first-order valence-electron chi connectivity index (χ1n) is 3.39. The molecule has 0 spiro atoms. The smallest absolute Gasteiger partial charge is 0.319 e. The summed E-state index contributed by atoms with van der Waals surface area (Å²) in [4.78, 5) is 3.92. The van der Waals surface area contributed by atoms with Crippen LogP contribution in [-0.2, 0) is 0 Å². The molecule has 0 fully saturated rings. The van der Waals surface area contributed by atoms with Crippen LogP contribution in [0.25, 0.3) is 11.4 Å². The lowest BCUT2D eigenvalue weighted by Gasteiger charge is -1.87. The minimum atomic E-state index is 0.107. The van der Waals surface area contributed by atoms with Crippen LogP contribution in [0, 0.1) is 6.92 Å². The van der Waals surface area contributed by atoms with Gasteiger partial charge in [-0.15, -0.1) is 0 Å². The van der Waals surface area contributed by atoms with Crippen LogP contribution in [0.4, 0.5) is 6.01 Å². The highest BCUT2D eigenvalue weighted by Crippen LogP contribution is 2.24. The van der Waals surface area contributed by atoms with E-state index in [0.29, 0.717) is 5.82 Å². The number of nitrogen functional groups attached to an aromatic ring is 1. The van der Waals surface area contributed by atoms with Crippen LogP contribution in [0.15, 0.2) is 15.3 Å². The molecule has 0 aromatic carbocycles. The minimum absolute atomic E-state index is 0.107. The van der Waals surface area contributed by atoms with Gasteiger partial charge in [0.25, 0.3) is 0 Å². The molecule has 2 heterocycles. The molecule has 0 bridgehead atoms. The normalized spacial score (nSPS) is 10.4. The number of aryl methyl sites for hydroxylation is 1. The third-order valence-corrected chi connectivity index (χ3v) is 2.40. The summed E-state index contributed by atoms with van der Waals surface area (Å²) < 4.78 is 4.66. The van der Waals surface area contributed by atoms with Gasteiger partial charge in [-0.2, -0.15) is 16.3 Å². The van der Waals surface area contributed by atoms with E-state index in [2.05, 4.69) is 14.7 Å². The highest BCUT2D eigenvalue weighted by molar-refractivity contribution is 7.08. The maximum absolute atomic E-state index is 5.30. The zero-order valence-electron chi connectivity index (χ0n) is 6.44. The molecule has 12 heavy (non-hydrogen) atoms. The highest BCUT2D eigenvalue weighted by Gasteiger charge is 2.08. The van der Waals surface area contributed by atoms with Crippen LogP contribution in [0.5, 0.6) is 0 Å². The van der Waals surface area contributed by atoms with Crippen LogP contribution in [0.1, 0.15) is 5.56 Å². The number of rotatable bonds is 1. The van der Waals surface area contributed by atoms with Crippen molar-refractivity contribution in [1.29, 1.82) is 0 Å². The van der Waals surface area contributed by atoms with E-state index in [1.54, 1.807) is 11.3 Å². The van der Waals surface area contributed by atoms with Gasteiger partial charge in [0.05, 0.1) is 0 Å². The number of nitrogens with zero attached hydrogens (tertiary/aromatic N) is 2. The summed E-state index contributed by atoms with van der Waals surface area (Å²) in [5.74, 6) is 0.561. The lowest BCUT2D eigenvalue weighted by molar-refractivity contribution is 0.437. The fourth-order valence-corrected chi connectivity index (χ4v) is 1.76. The summed E-state index contributed by atoms with van der Waals surface area (Å²) in [6.07, 6.45) is 0. The van der Waals surface area contributed by atoms with Crippen molar-refractivity contribution in [3.05, 3.63) is 16.3 Å². The second-order valence-corrected chi connectivity index (χ2v) is 3.17. The third-order valence-electron chi connectivity index (χ3n) is 1.54. The first-order valence-corrected chi connectivity index (χ1v) is 4.34. The van der Waals surface area contributed by atoms with Crippen LogP contribution in [-0.4, -0.2) is 10.1 Å². The Labute approximate surface area is 73.0 Å². The van der Waals surface area contributed by atoms with Crippen molar-refractivity contribution < 1.29 is 4.52 Å². The van der Waals surface area contributed by atoms with E-state index in [0.717, 1.165) is 11.1 Å². The molecule has 0 atom stereocenters. The number of anilines is 1. The van der Waals surface area contributed by atoms with Crippen molar-refractivity contribution in [2.75, 3.05) is 5.73 Å². The zero-order valence-corrected chi connectivity index (χ0v) is 7.26. The quantitative estimate of drug-likeness (QED) is 0.727. The Kier molecular flexibility index (Phi) is 1.58. The third kappa shape index (κ3) is 1.08. The summed E-state index contributed by atoms with van der Waals surface area (Å²) >= 11 is 1.61. The second kappa shape index (κ2) is 2.60. The molecular formula is C7H7N3OS. The molecule has 2 N–H and O–H groups in total. The Morgan fingerprint density at radius 1 is 1.50 bits per heavy atom. The van der Waals surface area contributed by atoms with Crippen molar-refractivity contribution in [2.45, 2.75) is 6.92 Å². The molecule has 0 saturated carbocycles. The van der Waals surface area contributed by atoms with Gasteiger partial charge in [-0.25, -0.2) is 0 Å². The van der Waals surface area contributed by atoms with Gasteiger partial charge in [0.2, 0.25) is 5.82 Å². The highest BCUT2D eigenvalue weighted by atomic mass is 32.1. The van der Waals surface area contributed by atoms with Crippen LogP contribution in [0.2, 0.25) is 0 Å². The van der Waals surface area contributed by atoms with Gasteiger partial charge in [-0.3, -0.25) is 0 Å². The predicted molar refractivity (Wildman–Crippen MR) is 46.8 cm³/mol. The molecule has 0 aliphatic rings. The van der Waals surface area contributed by atoms with E-state index in [1.165, 1.54) is 0 Å². The SMILES string of the molecule is Cc1cscc1-c1noc(N)n1. The summed E-state index contributed by atoms with van der Waals surface area (Å²) in [6, 6.07) is 0.107. The van der Waals surface area contributed by atoms with Crippen molar-refractivity contribution in [3.63, 3.8) is 0 Å². The van der Waals surface area contributed by atoms with Gasteiger partial charge in [-0.05, 0) is 17.9 Å². The first-order chi connectivity index (χ1) is 5.77. The Hall–Kier alpha value is -1.36. The van der Waals surface area contributed by atoms with Gasteiger partial charge in [0.15, 0.2) is 0 Å². The van der Waals surface area contributed by atoms with E-state index in [1.807, 2.05) is 17.7 Å². The van der Waals surface area contributed by atoms with Gasteiger partial charge >= 0.3 is 6.01 Å². The van der Waals surface area contributed by atoms with Crippen LogP contribution in [0.3, 0.4) is 0 Å². The summed E-state index contributed by atoms with van der Waals surface area (Å²) in [5.41, 5.74) is 7.42. The average Bonchev–Trinajstić information content (AvgIpc) is 2.58. The fraction of sp³-hybridized carbons (Fsp3) is 0.143. The monoisotopic (exact) mass is 181 g/mol. The molecule has 0 amide bonds. The Bertz CT molecular complexity index is 393. The molecule has 62 valence electrons. The Balaban J connectivity index is 2.50. The maximum atomic E-state index is 5.30. The van der Waals surface area contributed by atoms with E-state index in [9.17, 15) is 0 Å². The standard InChI is InChI=1S/C7H7N3OS/c1-4-2-12-3-5(4)6-9-7(8)11-10-6/h2-3H,1H3,(H2,8,9,10). The molecule has 0 unspecified atom stereocenters. The summed E-state index contributed by atoms with van der Waals surface area (Å²) in [6.45, 7) is 2.00. The number of nitrogens with two attached hydrogens (primary N) is 1. The molecule has 2 aromatic heterocycles. The van der Waals surface area contributed by atoms with Crippen LogP contribution < -0.4 is 5.73 Å². The molecule has 0 aliphatic heterocycles. The lowest BCUT2D eigenvalue weighted by Crippen LogP contribution is -1.83. The molecule has 4 nitrogen and oxygen atoms in total. The fourth-order valence-electron chi connectivity index (χ4n) is 0.934. The van der Waals surface area contributed by atoms with Crippen molar-refractivity contribution in [3.8, 4) is 11.4 Å². The number of aromatic nitrogens is 2. The van der Waals surface area contributed by atoms with Crippen molar-refractivity contribution >= 4 is 17.4 Å². The van der Waals surface area contributed by atoms with E-state index >= 15 is 0 Å². The van der Waals surface area contributed by atoms with Gasteiger partial charge in [-0.1, -0.05) is 5.16 Å². The number of hydrogen-bond acceptors (Lipinski definition) is 5. The average molecular weight is 181 g/mol. The first kappa shape index (κ1) is 7.30. The molecule has 0 saturated heterocycles. The van der Waals surface area contributed by atoms with Gasteiger partial charge in [0, 0.05) is 10.9 Å². The zero-order chi connectivity index (χ0) is 8.55. The molecule has 2 aromatic rings. The summed E-state index contributed by atoms with van der Waals surface area (Å²) in [5, 5.41) is 7.72. The maximum Gasteiger partial charge on any atom is 0.319 e. The molecule has 5 heteroatoms. The predicted octanol–water partition coefficient (Wildman–Crippen LogP) is 1.69. The van der Waals surface area contributed by atoms with Crippen molar-refractivity contribution in [1.82, 2.24) is 10.1 Å². The molecular weight excluding hydrogens is 174 g/mol. The second-order valence-electron chi connectivity index (χ2n) is 2.42. The van der Waals surface area contributed by atoms with Crippen LogP contribution >= 0.6 is 11.3 Å². The number of hydrogen-bond donors (Lipinski definition) is 1. The number of thiophene rings is 1. The molecule has 0 radical (unpaired) electrons. The Morgan fingerprint density at radius 2 is 2.33 bits per heavy atom. The molecule has 0 aliphatic carbocycles. The van der Waals surface area contributed by atoms with E-state index < -0.39 is 0 Å². The van der Waals surface area contributed by atoms with E-state index in [4.69, 9.17) is 5.73 Å². The van der Waals surface area contributed by atoms with E-state index in [-0.39, 0.29) is 6.01 Å². The van der Waals surface area contributed by atoms with Gasteiger partial charge < -0.3 is 10.3 Å². The Morgan fingerprint density at radius 3 is 2.83 bits per heavy atom.